The Kier molecular flexibility index (Phi) is 5.28. The topological polar surface area (TPSA) is 82.5 Å². The van der Waals surface area contributed by atoms with Gasteiger partial charge >= 0.3 is 6.09 Å². The fraction of sp³-hybridized carbons (Fsp3) is 0.214. The second-order valence-corrected chi connectivity index (χ2v) is 4.89. The van der Waals surface area contributed by atoms with Crippen LogP contribution in [-0.2, 0) is 4.74 Å². The summed E-state index contributed by atoms with van der Waals surface area (Å²) in [4.78, 5) is 15.8. The van der Waals surface area contributed by atoms with Gasteiger partial charge in [0.2, 0.25) is 0 Å². The molecule has 0 spiro atoms. The van der Waals surface area contributed by atoms with Crippen LogP contribution in [0.5, 0.6) is 0 Å². The minimum Gasteiger partial charge on any atom is -0.442 e. The molecule has 23 heavy (non-hydrogen) atoms. The monoisotopic (exact) mass is 342 g/mol. The van der Waals surface area contributed by atoms with Gasteiger partial charge in [-0.05, 0) is 24.6 Å². The minimum absolute atomic E-state index is 0.0894. The number of rotatable bonds is 4. The lowest BCUT2D eigenvalue weighted by Gasteiger charge is -2.06. The van der Waals surface area contributed by atoms with Crippen molar-refractivity contribution >= 4 is 29.9 Å². The van der Waals surface area contributed by atoms with Crippen LogP contribution >= 0.6 is 11.6 Å². The van der Waals surface area contributed by atoms with Crippen molar-refractivity contribution in [3.8, 4) is 11.1 Å². The Morgan fingerprint density at radius 1 is 1.48 bits per heavy atom. The SMILES string of the molecule is Cc1nn(C(=O)OCC(F)F)c(/N=C\N)c1-c1ccc(Cl)cc1. The number of aromatic nitrogens is 2. The molecule has 0 bridgehead atoms. The molecule has 2 rings (SSSR count). The zero-order valence-corrected chi connectivity index (χ0v) is 12.8. The molecule has 0 aliphatic heterocycles. The van der Waals surface area contributed by atoms with Gasteiger partial charge in [0.25, 0.3) is 6.43 Å². The number of aryl methyl sites for hydroxylation is 1. The van der Waals surface area contributed by atoms with Crippen molar-refractivity contribution in [2.45, 2.75) is 13.3 Å². The van der Waals surface area contributed by atoms with E-state index in [0.29, 0.717) is 21.8 Å². The maximum absolute atomic E-state index is 12.2. The van der Waals surface area contributed by atoms with E-state index in [1.165, 1.54) is 0 Å². The summed E-state index contributed by atoms with van der Waals surface area (Å²) in [5.74, 6) is 0.0894. The first-order valence-electron chi connectivity index (χ1n) is 6.49. The predicted molar refractivity (Wildman–Crippen MR) is 82.5 cm³/mol. The zero-order valence-electron chi connectivity index (χ0n) is 12.0. The van der Waals surface area contributed by atoms with E-state index in [0.717, 1.165) is 11.0 Å². The zero-order chi connectivity index (χ0) is 17.0. The average molecular weight is 343 g/mol. The summed E-state index contributed by atoms with van der Waals surface area (Å²) in [5, 5.41) is 4.54. The number of nitrogens with zero attached hydrogens (tertiary/aromatic N) is 3. The number of aliphatic imine (C=N–C) groups is 1. The quantitative estimate of drug-likeness (QED) is 0.682. The number of carbonyl (C=O) groups excluding carboxylic acids is 1. The van der Waals surface area contributed by atoms with E-state index >= 15 is 0 Å². The molecule has 6 nitrogen and oxygen atoms in total. The van der Waals surface area contributed by atoms with Crippen molar-refractivity contribution in [1.82, 2.24) is 9.78 Å². The van der Waals surface area contributed by atoms with Crippen LogP contribution in [0.15, 0.2) is 29.3 Å². The first-order valence-corrected chi connectivity index (χ1v) is 6.87. The van der Waals surface area contributed by atoms with Gasteiger partial charge in [-0.25, -0.2) is 18.6 Å². The van der Waals surface area contributed by atoms with Gasteiger partial charge in [0.15, 0.2) is 12.4 Å². The van der Waals surface area contributed by atoms with Gasteiger partial charge in [-0.1, -0.05) is 23.7 Å². The van der Waals surface area contributed by atoms with E-state index in [1.54, 1.807) is 31.2 Å². The van der Waals surface area contributed by atoms with Crippen molar-refractivity contribution < 1.29 is 18.3 Å². The Bertz CT molecular complexity index is 729. The third kappa shape index (κ3) is 3.84. The molecule has 0 saturated heterocycles. The Labute approximate surface area is 135 Å². The van der Waals surface area contributed by atoms with Crippen molar-refractivity contribution in [3.63, 3.8) is 0 Å². The molecule has 0 aliphatic rings. The highest BCUT2D eigenvalue weighted by atomic mass is 35.5. The summed E-state index contributed by atoms with van der Waals surface area (Å²) in [5.41, 5.74) is 6.99. The van der Waals surface area contributed by atoms with Gasteiger partial charge in [0, 0.05) is 10.6 Å². The maximum Gasteiger partial charge on any atom is 0.436 e. The normalized spacial score (nSPS) is 11.3. The summed E-state index contributed by atoms with van der Waals surface area (Å²) in [6.07, 6.45) is -2.85. The fourth-order valence-corrected chi connectivity index (χ4v) is 2.11. The van der Waals surface area contributed by atoms with Crippen LogP contribution in [0.1, 0.15) is 5.69 Å². The Morgan fingerprint density at radius 2 is 2.13 bits per heavy atom. The molecule has 0 atom stereocenters. The number of hydrogen-bond donors (Lipinski definition) is 1. The van der Waals surface area contributed by atoms with E-state index in [1.807, 2.05) is 0 Å². The second-order valence-electron chi connectivity index (χ2n) is 4.45. The fourth-order valence-electron chi connectivity index (χ4n) is 1.98. The molecule has 0 unspecified atom stereocenters. The average Bonchev–Trinajstić information content (AvgIpc) is 2.83. The number of alkyl halides is 2. The highest BCUT2D eigenvalue weighted by Crippen LogP contribution is 2.34. The summed E-state index contributed by atoms with van der Waals surface area (Å²) in [6.45, 7) is 0.621. The smallest absolute Gasteiger partial charge is 0.436 e. The minimum atomic E-state index is -2.77. The number of nitrogens with two attached hydrogens (primary N) is 1. The van der Waals surface area contributed by atoms with Crippen LogP contribution in [0, 0.1) is 6.92 Å². The van der Waals surface area contributed by atoms with E-state index in [4.69, 9.17) is 17.3 Å². The molecule has 9 heteroatoms. The molecule has 1 heterocycles. The van der Waals surface area contributed by atoms with Crippen molar-refractivity contribution in [1.29, 1.82) is 0 Å². The molecule has 0 saturated carbocycles. The van der Waals surface area contributed by atoms with Crippen molar-refractivity contribution in [2.24, 2.45) is 10.7 Å². The molecule has 1 aromatic heterocycles. The number of hydrogen-bond acceptors (Lipinski definition) is 4. The van der Waals surface area contributed by atoms with E-state index in [2.05, 4.69) is 14.8 Å². The van der Waals surface area contributed by atoms with Crippen molar-refractivity contribution in [2.75, 3.05) is 6.61 Å². The molecule has 0 aliphatic carbocycles. The lowest BCUT2D eigenvalue weighted by atomic mass is 10.1. The molecule has 122 valence electrons. The summed E-state index contributed by atoms with van der Waals surface area (Å²) >= 11 is 5.85. The van der Waals surface area contributed by atoms with Gasteiger partial charge in [0.05, 0.1) is 12.0 Å². The standard InChI is InChI=1S/C14H13ClF2N4O2/c1-8-12(9-2-4-10(15)5-3-9)13(19-7-18)21(20-8)14(22)23-6-11(16)17/h2-5,7,11H,6H2,1H3,(H2,18,19). The summed E-state index contributed by atoms with van der Waals surface area (Å²) in [6, 6.07) is 6.77. The Morgan fingerprint density at radius 3 is 2.70 bits per heavy atom. The van der Waals surface area contributed by atoms with E-state index in [9.17, 15) is 13.6 Å². The van der Waals surface area contributed by atoms with Crippen LogP contribution in [-0.4, -0.2) is 35.2 Å². The Balaban J connectivity index is 2.47. The largest absolute Gasteiger partial charge is 0.442 e. The lowest BCUT2D eigenvalue weighted by Crippen LogP contribution is -2.18. The first-order chi connectivity index (χ1) is 10.9. The molecule has 0 amide bonds. The number of ether oxygens (including phenoxy) is 1. The molecule has 1 aromatic carbocycles. The predicted octanol–water partition coefficient (Wildman–Crippen LogP) is 3.38. The summed E-state index contributed by atoms with van der Waals surface area (Å²) < 4.78 is 29.6. The maximum atomic E-state index is 12.2. The highest BCUT2D eigenvalue weighted by Gasteiger charge is 2.22. The Hall–Kier alpha value is -2.48. The number of halogens is 3. The van der Waals surface area contributed by atoms with Gasteiger partial charge in [-0.15, -0.1) is 4.68 Å². The van der Waals surface area contributed by atoms with Gasteiger partial charge < -0.3 is 10.5 Å². The van der Waals surface area contributed by atoms with Gasteiger partial charge in [-0.2, -0.15) is 5.10 Å². The second kappa shape index (κ2) is 7.19. The molecule has 0 radical (unpaired) electrons. The summed E-state index contributed by atoms with van der Waals surface area (Å²) in [7, 11) is 0. The lowest BCUT2D eigenvalue weighted by molar-refractivity contribution is 0.0484. The van der Waals surface area contributed by atoms with Crippen LogP contribution in [0.25, 0.3) is 11.1 Å². The third-order valence-corrected chi connectivity index (χ3v) is 3.12. The molecular weight excluding hydrogens is 330 g/mol. The molecule has 0 fully saturated rings. The van der Waals surface area contributed by atoms with E-state index in [-0.39, 0.29) is 5.82 Å². The van der Waals surface area contributed by atoms with Gasteiger partial charge in [-0.3, -0.25) is 0 Å². The third-order valence-electron chi connectivity index (χ3n) is 2.87. The highest BCUT2D eigenvalue weighted by molar-refractivity contribution is 6.30. The van der Waals surface area contributed by atoms with Crippen LogP contribution in [0.3, 0.4) is 0 Å². The van der Waals surface area contributed by atoms with Crippen molar-refractivity contribution in [3.05, 3.63) is 35.0 Å². The molecular formula is C14H13ClF2N4O2. The first kappa shape index (κ1) is 16.9. The number of carbonyl (C=O) groups is 1. The van der Waals surface area contributed by atoms with Gasteiger partial charge in [0.1, 0.15) is 0 Å². The van der Waals surface area contributed by atoms with E-state index < -0.39 is 19.1 Å². The van der Waals surface area contributed by atoms with Crippen LogP contribution in [0.4, 0.5) is 19.4 Å². The van der Waals surface area contributed by atoms with Crippen LogP contribution in [0.2, 0.25) is 5.02 Å². The number of benzene rings is 1. The van der Waals surface area contributed by atoms with Crippen LogP contribution < -0.4 is 5.73 Å². The molecule has 2 aromatic rings. The molecule has 2 N–H and O–H groups in total.